The van der Waals surface area contributed by atoms with Crippen molar-refractivity contribution in [2.75, 3.05) is 67.5 Å². The highest BCUT2D eigenvalue weighted by Crippen LogP contribution is 2.38. The Bertz CT molecular complexity index is 988. The van der Waals surface area contributed by atoms with Crippen molar-refractivity contribution in [2.24, 2.45) is 0 Å². The number of rotatable bonds is 12. The number of carbonyl (C=O) groups excluding carboxylic acids is 1. The quantitative estimate of drug-likeness (QED) is 0.361. The van der Waals surface area contributed by atoms with Crippen LogP contribution in [0.3, 0.4) is 0 Å². The second-order valence-electron chi connectivity index (χ2n) is 10.8. The summed E-state index contributed by atoms with van der Waals surface area (Å²) >= 11 is 0. The molecule has 0 aliphatic carbocycles. The van der Waals surface area contributed by atoms with Crippen LogP contribution in [0.1, 0.15) is 69.3 Å². The number of hydrogen-bond acceptors (Lipinski definition) is 6. The molecule has 208 valence electrons. The number of aldehydes is 1. The molecule has 0 radical (unpaired) electrons. The third-order valence-electron chi connectivity index (χ3n) is 8.83. The summed E-state index contributed by atoms with van der Waals surface area (Å²) in [4.78, 5) is 22.8. The first-order valence-corrected chi connectivity index (χ1v) is 15.0. The third-order valence-corrected chi connectivity index (χ3v) is 8.83. The monoisotopic (exact) mass is 519 g/mol. The van der Waals surface area contributed by atoms with Gasteiger partial charge in [0.05, 0.1) is 11.4 Å². The highest BCUT2D eigenvalue weighted by Gasteiger charge is 2.30. The number of anilines is 3. The Labute approximate surface area is 231 Å². The molecule has 2 aliphatic rings. The maximum absolute atomic E-state index is 12.4. The lowest BCUT2D eigenvalue weighted by Crippen LogP contribution is -2.52. The summed E-state index contributed by atoms with van der Waals surface area (Å²) in [5.74, 6) is 0. The van der Waals surface area contributed by atoms with Crippen LogP contribution >= 0.6 is 0 Å². The first-order valence-electron chi connectivity index (χ1n) is 15.0. The molecule has 0 saturated carbocycles. The zero-order valence-electron chi connectivity index (χ0n) is 24.2. The van der Waals surface area contributed by atoms with Crippen LogP contribution in [-0.4, -0.2) is 80.5 Å². The topological polar surface area (TPSA) is 42.1 Å². The van der Waals surface area contributed by atoms with Crippen LogP contribution in [0.4, 0.5) is 17.1 Å². The molecular formula is C32H49N5O. The van der Waals surface area contributed by atoms with E-state index in [9.17, 15) is 4.79 Å². The van der Waals surface area contributed by atoms with Crippen LogP contribution in [0.5, 0.6) is 0 Å². The van der Waals surface area contributed by atoms with Crippen molar-refractivity contribution in [3.05, 3.63) is 53.6 Å². The van der Waals surface area contributed by atoms with Gasteiger partial charge in [-0.15, -0.1) is 0 Å². The fraction of sp³-hybridized carbons (Fsp3) is 0.594. The average molecular weight is 520 g/mol. The Morgan fingerprint density at radius 1 is 0.684 bits per heavy atom. The van der Waals surface area contributed by atoms with Crippen LogP contribution in [0.2, 0.25) is 0 Å². The predicted molar refractivity (Wildman–Crippen MR) is 162 cm³/mol. The normalized spacial score (nSPS) is 17.4. The minimum absolute atomic E-state index is 0.654. The number of benzene rings is 2. The smallest absolute Gasteiger partial charge is 0.152 e. The molecule has 0 bridgehead atoms. The lowest BCUT2D eigenvalue weighted by Gasteiger charge is -2.44. The molecule has 1 N–H and O–H groups in total. The molecule has 0 atom stereocenters. The van der Waals surface area contributed by atoms with Gasteiger partial charge in [-0.2, -0.15) is 0 Å². The Morgan fingerprint density at radius 2 is 1.18 bits per heavy atom. The van der Waals surface area contributed by atoms with Crippen molar-refractivity contribution in [1.29, 1.82) is 0 Å². The van der Waals surface area contributed by atoms with Gasteiger partial charge in [0.1, 0.15) is 0 Å². The van der Waals surface area contributed by atoms with Gasteiger partial charge in [0, 0.05) is 82.2 Å². The van der Waals surface area contributed by atoms with Gasteiger partial charge in [-0.05, 0) is 49.4 Å². The lowest BCUT2D eigenvalue weighted by atomic mass is 10.0. The molecule has 2 aliphatic heterocycles. The Morgan fingerprint density at radius 3 is 1.66 bits per heavy atom. The van der Waals surface area contributed by atoms with E-state index >= 15 is 0 Å². The Hall–Kier alpha value is -2.57. The van der Waals surface area contributed by atoms with E-state index in [4.69, 9.17) is 0 Å². The van der Waals surface area contributed by atoms with Crippen molar-refractivity contribution in [3.63, 3.8) is 0 Å². The van der Waals surface area contributed by atoms with Crippen LogP contribution in [0.25, 0.3) is 0 Å². The van der Waals surface area contributed by atoms with Gasteiger partial charge >= 0.3 is 0 Å². The summed E-state index contributed by atoms with van der Waals surface area (Å²) in [6, 6.07) is 16.0. The van der Waals surface area contributed by atoms with Gasteiger partial charge in [-0.3, -0.25) is 14.6 Å². The van der Waals surface area contributed by atoms with E-state index in [2.05, 4.69) is 82.9 Å². The zero-order chi connectivity index (χ0) is 26.9. The van der Waals surface area contributed by atoms with Gasteiger partial charge in [0.25, 0.3) is 0 Å². The largest absolute Gasteiger partial charge is 0.381 e. The molecule has 2 aromatic carbocycles. The van der Waals surface area contributed by atoms with E-state index in [1.165, 1.54) is 36.9 Å². The molecular weight excluding hydrogens is 470 g/mol. The van der Waals surface area contributed by atoms with Crippen LogP contribution in [0, 0.1) is 0 Å². The SMILES string of the molecule is CCC(CC)N1CCN(c2c(C=O)ccc(CNc3ccccc3)c2N2CCN(C(CC)CC)CC2)CC1. The predicted octanol–water partition coefficient (Wildman–Crippen LogP) is 5.73. The number of hydrogen-bond donors (Lipinski definition) is 1. The summed E-state index contributed by atoms with van der Waals surface area (Å²) in [6.07, 6.45) is 5.87. The van der Waals surface area contributed by atoms with Crippen molar-refractivity contribution in [1.82, 2.24) is 9.80 Å². The molecule has 0 amide bonds. The molecule has 38 heavy (non-hydrogen) atoms. The minimum atomic E-state index is 0.654. The van der Waals surface area contributed by atoms with Crippen molar-refractivity contribution in [2.45, 2.75) is 72.0 Å². The summed E-state index contributed by atoms with van der Waals surface area (Å²) in [5, 5.41) is 3.64. The number of para-hydroxylation sites is 1. The Kier molecular flexibility index (Phi) is 10.5. The molecule has 0 unspecified atom stereocenters. The summed E-state index contributed by atoms with van der Waals surface area (Å²) < 4.78 is 0. The van der Waals surface area contributed by atoms with Gasteiger partial charge in [-0.1, -0.05) is 52.0 Å². The molecule has 6 nitrogen and oxygen atoms in total. The summed E-state index contributed by atoms with van der Waals surface area (Å²) in [6.45, 7) is 18.1. The van der Waals surface area contributed by atoms with Gasteiger partial charge in [0.2, 0.25) is 0 Å². The second-order valence-corrected chi connectivity index (χ2v) is 10.8. The van der Waals surface area contributed by atoms with Gasteiger partial charge < -0.3 is 15.1 Å². The highest BCUT2D eigenvalue weighted by atomic mass is 16.1. The van der Waals surface area contributed by atoms with Gasteiger partial charge in [-0.25, -0.2) is 0 Å². The first kappa shape index (κ1) is 28.4. The van der Waals surface area contributed by atoms with Gasteiger partial charge in [0.15, 0.2) is 6.29 Å². The fourth-order valence-electron chi connectivity index (χ4n) is 6.54. The van der Waals surface area contributed by atoms with E-state index in [0.717, 1.165) is 82.1 Å². The van der Waals surface area contributed by atoms with E-state index in [-0.39, 0.29) is 0 Å². The molecule has 2 aromatic rings. The minimum Gasteiger partial charge on any atom is -0.381 e. The summed E-state index contributed by atoms with van der Waals surface area (Å²) in [5.41, 5.74) is 5.62. The molecule has 2 heterocycles. The fourth-order valence-corrected chi connectivity index (χ4v) is 6.54. The van der Waals surface area contributed by atoms with Crippen LogP contribution < -0.4 is 15.1 Å². The number of nitrogens with one attached hydrogen (secondary N) is 1. The first-order chi connectivity index (χ1) is 18.6. The van der Waals surface area contributed by atoms with E-state index < -0.39 is 0 Å². The van der Waals surface area contributed by atoms with Crippen LogP contribution in [-0.2, 0) is 6.54 Å². The van der Waals surface area contributed by atoms with Crippen molar-refractivity contribution in [3.8, 4) is 0 Å². The van der Waals surface area contributed by atoms with E-state index in [1.807, 2.05) is 12.1 Å². The van der Waals surface area contributed by atoms with E-state index in [0.29, 0.717) is 12.1 Å². The zero-order valence-corrected chi connectivity index (χ0v) is 24.2. The standard InChI is InChI=1S/C32H49N5O/c1-5-29(6-2)34-16-20-36(21-17-34)31-26(24-33-28-12-10-9-11-13-28)14-15-27(25-38)32(31)37-22-18-35(19-23-37)30(7-3)8-4/h9-15,25,29-30,33H,5-8,16-24H2,1-4H3. The lowest BCUT2D eigenvalue weighted by molar-refractivity contribution is 0.112. The number of carbonyl (C=O) groups is 1. The molecule has 2 fully saturated rings. The van der Waals surface area contributed by atoms with E-state index in [1.54, 1.807) is 0 Å². The maximum Gasteiger partial charge on any atom is 0.152 e. The van der Waals surface area contributed by atoms with Crippen LogP contribution in [0.15, 0.2) is 42.5 Å². The molecule has 4 rings (SSSR count). The number of piperazine rings is 2. The second kappa shape index (κ2) is 14.0. The summed E-state index contributed by atoms with van der Waals surface area (Å²) in [7, 11) is 0. The van der Waals surface area contributed by atoms with Crippen molar-refractivity contribution >= 4 is 23.3 Å². The molecule has 0 aromatic heterocycles. The van der Waals surface area contributed by atoms with Crippen molar-refractivity contribution < 1.29 is 4.79 Å². The molecule has 0 spiro atoms. The number of nitrogens with zero attached hydrogens (tertiary/aromatic N) is 4. The molecule has 6 heteroatoms. The average Bonchev–Trinajstić information content (AvgIpc) is 2.98. The maximum atomic E-state index is 12.4. The Balaban J connectivity index is 1.64. The highest BCUT2D eigenvalue weighted by molar-refractivity contribution is 5.93. The third kappa shape index (κ3) is 6.52. The molecule has 2 saturated heterocycles.